The molecule has 1 aliphatic carbocycles. The van der Waals surface area contributed by atoms with Gasteiger partial charge in [-0.15, -0.1) is 0 Å². The molecule has 2 rings (SSSR count). The Bertz CT molecular complexity index is 363. The van der Waals surface area contributed by atoms with Crippen molar-refractivity contribution in [3.63, 3.8) is 0 Å². The Labute approximate surface area is 88.7 Å². The zero-order chi connectivity index (χ0) is 10.1. The normalized spacial score (nSPS) is 15.3. The molecule has 1 aromatic rings. The van der Waals surface area contributed by atoms with Gasteiger partial charge in [-0.25, -0.2) is 0 Å². The van der Waals surface area contributed by atoms with Crippen LogP contribution in [0.1, 0.15) is 29.5 Å². The molecule has 0 aliphatic heterocycles. The summed E-state index contributed by atoms with van der Waals surface area (Å²) in [4.78, 5) is 0. The van der Waals surface area contributed by atoms with Gasteiger partial charge in [-0.05, 0) is 42.9 Å². The summed E-state index contributed by atoms with van der Waals surface area (Å²) in [6.45, 7) is 0.370. The van der Waals surface area contributed by atoms with Crippen LogP contribution in [-0.4, -0.2) is 5.11 Å². The Morgan fingerprint density at radius 1 is 1.36 bits per heavy atom. The highest BCUT2D eigenvalue weighted by molar-refractivity contribution is 6.32. The summed E-state index contributed by atoms with van der Waals surface area (Å²) in [6.07, 6.45) is 4.47. The van der Waals surface area contributed by atoms with Crippen LogP contribution in [-0.2, 0) is 19.4 Å². The van der Waals surface area contributed by atoms with Gasteiger partial charge in [0.2, 0.25) is 0 Å². The molecule has 0 bridgehead atoms. The average molecular weight is 212 g/mol. The summed E-state index contributed by atoms with van der Waals surface area (Å²) < 4.78 is 0. The fraction of sp³-hybridized carbons (Fsp3) is 0.455. The Hall–Kier alpha value is -0.730. The minimum absolute atomic E-state index is 0.176. The smallest absolute Gasteiger partial charge is 0.138 e. The molecule has 3 N–H and O–H groups in total. The fourth-order valence-electron chi connectivity index (χ4n) is 2.16. The van der Waals surface area contributed by atoms with E-state index < -0.39 is 0 Å². The molecule has 76 valence electrons. The average Bonchev–Trinajstić information content (AvgIpc) is 2.20. The van der Waals surface area contributed by atoms with Gasteiger partial charge in [0.25, 0.3) is 0 Å². The van der Waals surface area contributed by atoms with E-state index in [4.69, 9.17) is 17.3 Å². The maximum Gasteiger partial charge on any atom is 0.138 e. The number of rotatable bonds is 1. The molecule has 2 nitrogen and oxygen atoms in total. The molecule has 0 radical (unpaired) electrons. The second-order valence-corrected chi connectivity index (χ2v) is 4.14. The number of aromatic hydroxyl groups is 1. The summed E-state index contributed by atoms with van der Waals surface area (Å²) in [5.41, 5.74) is 8.95. The first-order valence-corrected chi connectivity index (χ1v) is 5.34. The first-order chi connectivity index (χ1) is 6.74. The molecule has 0 amide bonds. The van der Waals surface area contributed by atoms with Gasteiger partial charge < -0.3 is 10.8 Å². The number of aryl methyl sites for hydroxylation is 1. The molecular formula is C11H14ClNO. The number of benzene rings is 1. The first kappa shape index (κ1) is 9.81. The molecular weight excluding hydrogens is 198 g/mol. The van der Waals surface area contributed by atoms with Crippen LogP contribution in [0.4, 0.5) is 0 Å². The van der Waals surface area contributed by atoms with Crippen molar-refractivity contribution in [2.45, 2.75) is 32.2 Å². The van der Waals surface area contributed by atoms with Gasteiger partial charge in [0.05, 0.1) is 5.02 Å². The van der Waals surface area contributed by atoms with Gasteiger partial charge in [0.1, 0.15) is 5.75 Å². The second kappa shape index (κ2) is 3.79. The topological polar surface area (TPSA) is 46.2 Å². The van der Waals surface area contributed by atoms with Crippen LogP contribution in [0.3, 0.4) is 0 Å². The van der Waals surface area contributed by atoms with E-state index in [2.05, 4.69) is 0 Å². The van der Waals surface area contributed by atoms with E-state index in [1.54, 1.807) is 0 Å². The predicted molar refractivity (Wildman–Crippen MR) is 57.7 cm³/mol. The molecule has 0 atom stereocenters. The third-order valence-electron chi connectivity index (χ3n) is 2.89. The molecule has 0 saturated carbocycles. The van der Waals surface area contributed by atoms with Crippen LogP contribution in [0, 0.1) is 0 Å². The highest BCUT2D eigenvalue weighted by Gasteiger charge is 2.17. The lowest BCUT2D eigenvalue weighted by Gasteiger charge is -2.20. The monoisotopic (exact) mass is 211 g/mol. The third-order valence-corrected chi connectivity index (χ3v) is 3.18. The molecule has 0 aromatic heterocycles. The summed E-state index contributed by atoms with van der Waals surface area (Å²) in [7, 11) is 0. The molecule has 1 aromatic carbocycles. The highest BCUT2D eigenvalue weighted by atomic mass is 35.5. The summed E-state index contributed by atoms with van der Waals surface area (Å²) >= 11 is 5.92. The number of phenols is 1. The Morgan fingerprint density at radius 2 is 2.07 bits per heavy atom. The highest BCUT2D eigenvalue weighted by Crippen LogP contribution is 2.35. The second-order valence-electron chi connectivity index (χ2n) is 3.73. The van der Waals surface area contributed by atoms with Crippen LogP contribution in [0.2, 0.25) is 5.02 Å². The summed E-state index contributed by atoms with van der Waals surface area (Å²) in [6, 6.07) is 1.88. The largest absolute Gasteiger partial charge is 0.506 e. The van der Waals surface area contributed by atoms with Crippen molar-refractivity contribution in [2.24, 2.45) is 5.73 Å². The lowest BCUT2D eigenvalue weighted by molar-refractivity contribution is 0.465. The van der Waals surface area contributed by atoms with Crippen molar-refractivity contribution in [1.82, 2.24) is 0 Å². The minimum atomic E-state index is 0.176. The zero-order valence-electron chi connectivity index (χ0n) is 8.02. The Kier molecular flexibility index (Phi) is 2.66. The molecule has 3 heteroatoms. The van der Waals surface area contributed by atoms with Gasteiger partial charge in [-0.1, -0.05) is 11.6 Å². The number of phenolic OH excluding ortho intramolecular Hbond substituents is 1. The van der Waals surface area contributed by atoms with Crippen molar-refractivity contribution in [3.05, 3.63) is 27.8 Å². The van der Waals surface area contributed by atoms with Crippen LogP contribution < -0.4 is 5.73 Å². The van der Waals surface area contributed by atoms with Crippen LogP contribution in [0.25, 0.3) is 0 Å². The molecule has 1 aliphatic rings. The van der Waals surface area contributed by atoms with Crippen LogP contribution in [0.15, 0.2) is 6.07 Å². The third kappa shape index (κ3) is 1.49. The number of nitrogens with two attached hydrogens (primary N) is 1. The lowest BCUT2D eigenvalue weighted by atomic mass is 9.88. The molecule has 0 unspecified atom stereocenters. The van der Waals surface area contributed by atoms with E-state index in [-0.39, 0.29) is 5.75 Å². The van der Waals surface area contributed by atoms with Crippen molar-refractivity contribution in [2.75, 3.05) is 0 Å². The lowest BCUT2D eigenvalue weighted by Crippen LogP contribution is -2.10. The van der Waals surface area contributed by atoms with E-state index in [0.717, 1.165) is 18.4 Å². The number of fused-ring (bicyclic) bond motifs is 1. The number of halogens is 1. The fourth-order valence-corrected chi connectivity index (χ4v) is 2.41. The summed E-state index contributed by atoms with van der Waals surface area (Å²) in [5, 5.41) is 10.2. The van der Waals surface area contributed by atoms with E-state index in [9.17, 15) is 5.11 Å². The van der Waals surface area contributed by atoms with Gasteiger partial charge in [-0.3, -0.25) is 0 Å². The van der Waals surface area contributed by atoms with Crippen molar-refractivity contribution >= 4 is 11.6 Å². The quantitative estimate of drug-likeness (QED) is 0.749. The summed E-state index contributed by atoms with van der Waals surface area (Å²) in [5.74, 6) is 0.176. The molecule has 0 fully saturated rings. The number of hydrogen-bond acceptors (Lipinski definition) is 2. The maximum atomic E-state index is 9.74. The molecule has 0 saturated heterocycles. The Balaban J connectivity index is 2.60. The van der Waals surface area contributed by atoms with E-state index in [1.807, 2.05) is 6.07 Å². The standard InChI is InChI=1S/C11H14ClNO/c12-10-5-7-3-1-2-4-8(7)9(6-13)11(10)14/h5,14H,1-4,6,13H2. The van der Waals surface area contributed by atoms with E-state index in [1.165, 1.54) is 24.0 Å². The van der Waals surface area contributed by atoms with Crippen molar-refractivity contribution in [1.29, 1.82) is 0 Å². The van der Waals surface area contributed by atoms with Gasteiger partial charge in [0.15, 0.2) is 0 Å². The molecule has 14 heavy (non-hydrogen) atoms. The van der Waals surface area contributed by atoms with Crippen molar-refractivity contribution < 1.29 is 5.11 Å². The van der Waals surface area contributed by atoms with E-state index in [0.29, 0.717) is 11.6 Å². The van der Waals surface area contributed by atoms with Gasteiger partial charge in [0, 0.05) is 12.1 Å². The zero-order valence-corrected chi connectivity index (χ0v) is 8.77. The predicted octanol–water partition coefficient (Wildman–Crippen LogP) is 2.38. The van der Waals surface area contributed by atoms with E-state index >= 15 is 0 Å². The van der Waals surface area contributed by atoms with Crippen molar-refractivity contribution in [3.8, 4) is 5.75 Å². The molecule has 0 spiro atoms. The van der Waals surface area contributed by atoms with Gasteiger partial charge >= 0.3 is 0 Å². The Morgan fingerprint density at radius 3 is 2.79 bits per heavy atom. The van der Waals surface area contributed by atoms with Gasteiger partial charge in [-0.2, -0.15) is 0 Å². The van der Waals surface area contributed by atoms with Crippen LogP contribution >= 0.6 is 11.6 Å². The SMILES string of the molecule is NCc1c(O)c(Cl)cc2c1CCCC2. The number of hydrogen-bond donors (Lipinski definition) is 2. The minimum Gasteiger partial charge on any atom is -0.506 e. The maximum absolute atomic E-state index is 9.74. The first-order valence-electron chi connectivity index (χ1n) is 4.96. The van der Waals surface area contributed by atoms with Crippen LogP contribution in [0.5, 0.6) is 5.75 Å². The molecule has 0 heterocycles.